The van der Waals surface area contributed by atoms with Crippen LogP contribution in [0.1, 0.15) is 55.6 Å². The molecule has 0 aromatic heterocycles. The van der Waals surface area contributed by atoms with Crippen LogP contribution in [-0.4, -0.2) is 0 Å². The predicted molar refractivity (Wildman–Crippen MR) is 91.4 cm³/mol. The average Bonchev–Trinajstić information content (AvgIpc) is 2.71. The van der Waals surface area contributed by atoms with Gasteiger partial charge in [-0.05, 0) is 0 Å². The van der Waals surface area contributed by atoms with Gasteiger partial charge in [-0.15, -0.1) is 0 Å². The van der Waals surface area contributed by atoms with E-state index in [2.05, 4.69) is 69.2 Å². The standard InChI is InChI=1S/2C10H15.Rh/c2*1-6-7(2)9(4)10(5)8(6)3;/h2*1-5H3;/q2*-1;+2. The Morgan fingerprint density at radius 1 is 0.429 bits per heavy atom. The van der Waals surface area contributed by atoms with Crippen LogP contribution in [0.5, 0.6) is 0 Å². The van der Waals surface area contributed by atoms with E-state index in [0.717, 1.165) is 0 Å². The third kappa shape index (κ3) is 3.75. The van der Waals surface area contributed by atoms with Crippen LogP contribution in [0, 0.1) is 69.2 Å². The van der Waals surface area contributed by atoms with E-state index in [1.807, 2.05) is 0 Å². The molecule has 0 atom stereocenters. The largest absolute Gasteiger partial charge is 2.00 e. The van der Waals surface area contributed by atoms with Crippen LogP contribution in [-0.2, 0) is 19.5 Å². The van der Waals surface area contributed by atoms with Crippen LogP contribution in [0.3, 0.4) is 0 Å². The molecule has 0 amide bonds. The van der Waals surface area contributed by atoms with Crippen molar-refractivity contribution in [2.45, 2.75) is 69.2 Å². The van der Waals surface area contributed by atoms with Crippen molar-refractivity contribution < 1.29 is 19.5 Å². The van der Waals surface area contributed by atoms with Crippen LogP contribution in [0.15, 0.2) is 0 Å². The van der Waals surface area contributed by atoms with Gasteiger partial charge in [0.05, 0.1) is 0 Å². The van der Waals surface area contributed by atoms with Gasteiger partial charge >= 0.3 is 19.5 Å². The maximum absolute atomic E-state index is 2.20. The fourth-order valence-corrected chi connectivity index (χ4v) is 2.81. The van der Waals surface area contributed by atoms with Crippen molar-refractivity contribution in [2.24, 2.45) is 0 Å². The minimum Gasteiger partial charge on any atom is -0.196 e. The number of rotatable bonds is 0. The molecule has 1 heteroatoms. The van der Waals surface area contributed by atoms with Crippen molar-refractivity contribution in [3.05, 3.63) is 55.6 Å². The zero-order valence-electron chi connectivity index (χ0n) is 15.3. The van der Waals surface area contributed by atoms with E-state index in [9.17, 15) is 0 Å². The van der Waals surface area contributed by atoms with E-state index in [4.69, 9.17) is 0 Å². The Morgan fingerprint density at radius 2 is 0.571 bits per heavy atom. The molecular weight excluding hydrogens is 343 g/mol. The van der Waals surface area contributed by atoms with Crippen LogP contribution in [0.4, 0.5) is 0 Å². The molecule has 0 spiro atoms. The molecule has 0 aliphatic rings. The van der Waals surface area contributed by atoms with Gasteiger partial charge in [0.15, 0.2) is 0 Å². The zero-order chi connectivity index (χ0) is 15.8. The molecule has 1 radical (unpaired) electrons. The molecule has 0 saturated heterocycles. The molecule has 0 aliphatic heterocycles. The summed E-state index contributed by atoms with van der Waals surface area (Å²) < 4.78 is 0. The third-order valence-corrected chi connectivity index (χ3v) is 5.62. The Balaban J connectivity index is 0.000000364. The fraction of sp³-hybridized carbons (Fsp3) is 0.500. The summed E-state index contributed by atoms with van der Waals surface area (Å²) in [4.78, 5) is 0. The van der Waals surface area contributed by atoms with E-state index in [1.54, 1.807) is 0 Å². The average molecular weight is 373 g/mol. The SMILES string of the molecule is Cc1c(C)c(C)[c-](C)c1C.Cc1c(C)c(C)[c-](C)c1C.[Rh+2]. The van der Waals surface area contributed by atoms with Crippen molar-refractivity contribution in [2.75, 3.05) is 0 Å². The second-order valence-electron chi connectivity index (χ2n) is 6.25. The van der Waals surface area contributed by atoms with Crippen LogP contribution >= 0.6 is 0 Å². The van der Waals surface area contributed by atoms with E-state index >= 15 is 0 Å². The van der Waals surface area contributed by atoms with Crippen molar-refractivity contribution in [3.63, 3.8) is 0 Å². The van der Waals surface area contributed by atoms with Crippen LogP contribution < -0.4 is 0 Å². The van der Waals surface area contributed by atoms with Gasteiger partial charge < -0.3 is 0 Å². The molecule has 21 heavy (non-hydrogen) atoms. The van der Waals surface area contributed by atoms with Gasteiger partial charge in [0.2, 0.25) is 0 Å². The maximum atomic E-state index is 2.20. The Kier molecular flexibility index (Phi) is 7.30. The molecule has 0 heterocycles. The number of hydrogen-bond donors (Lipinski definition) is 0. The van der Waals surface area contributed by atoms with Crippen molar-refractivity contribution >= 4 is 0 Å². The molecule has 0 nitrogen and oxygen atoms in total. The second kappa shape index (κ2) is 7.55. The zero-order valence-corrected chi connectivity index (χ0v) is 17.0. The Labute approximate surface area is 144 Å². The molecule has 0 aliphatic carbocycles. The van der Waals surface area contributed by atoms with Crippen LogP contribution in [0.25, 0.3) is 0 Å². The van der Waals surface area contributed by atoms with Crippen LogP contribution in [0.2, 0.25) is 0 Å². The molecular formula is C20H30Rh. The molecule has 2 rings (SSSR count). The first-order chi connectivity index (χ1) is 9.11. The summed E-state index contributed by atoms with van der Waals surface area (Å²) in [5, 5.41) is 0. The van der Waals surface area contributed by atoms with Gasteiger partial charge in [0, 0.05) is 0 Å². The van der Waals surface area contributed by atoms with Gasteiger partial charge in [-0.25, -0.2) is 0 Å². The van der Waals surface area contributed by atoms with Gasteiger partial charge in [0.25, 0.3) is 0 Å². The summed E-state index contributed by atoms with van der Waals surface area (Å²) in [7, 11) is 0. The summed E-state index contributed by atoms with van der Waals surface area (Å²) in [5.74, 6) is 0. The molecule has 0 unspecified atom stereocenters. The van der Waals surface area contributed by atoms with E-state index in [-0.39, 0.29) is 19.5 Å². The molecule has 2 aromatic rings. The van der Waals surface area contributed by atoms with Crippen molar-refractivity contribution in [3.8, 4) is 0 Å². The summed E-state index contributed by atoms with van der Waals surface area (Å²) in [6.45, 7) is 22.0. The molecule has 0 bridgehead atoms. The summed E-state index contributed by atoms with van der Waals surface area (Å²) >= 11 is 0. The van der Waals surface area contributed by atoms with E-state index < -0.39 is 0 Å². The summed E-state index contributed by atoms with van der Waals surface area (Å²) in [5.41, 5.74) is 14.7. The normalized spacial score (nSPS) is 10.0. The molecule has 0 saturated carbocycles. The van der Waals surface area contributed by atoms with Crippen molar-refractivity contribution in [1.82, 2.24) is 0 Å². The molecule has 119 valence electrons. The third-order valence-electron chi connectivity index (χ3n) is 5.62. The smallest absolute Gasteiger partial charge is 0.196 e. The predicted octanol–water partition coefficient (Wildman–Crippen LogP) is 5.89. The minimum atomic E-state index is 0. The van der Waals surface area contributed by atoms with Gasteiger partial charge in [0.1, 0.15) is 0 Å². The Morgan fingerprint density at radius 3 is 0.619 bits per heavy atom. The number of hydrogen-bond acceptors (Lipinski definition) is 0. The summed E-state index contributed by atoms with van der Waals surface area (Å²) in [6.07, 6.45) is 0. The second-order valence-corrected chi connectivity index (χ2v) is 6.25. The van der Waals surface area contributed by atoms with Crippen molar-refractivity contribution in [1.29, 1.82) is 0 Å². The first kappa shape index (κ1) is 20.3. The van der Waals surface area contributed by atoms with E-state index in [1.165, 1.54) is 55.6 Å². The Bertz CT molecular complexity index is 404. The maximum Gasteiger partial charge on any atom is 2.00 e. The summed E-state index contributed by atoms with van der Waals surface area (Å²) in [6, 6.07) is 0. The van der Waals surface area contributed by atoms with Gasteiger partial charge in [-0.3, -0.25) is 0 Å². The quantitative estimate of drug-likeness (QED) is 0.399. The first-order valence-electron chi connectivity index (χ1n) is 7.50. The minimum absolute atomic E-state index is 0. The first-order valence-corrected chi connectivity index (χ1v) is 7.50. The van der Waals surface area contributed by atoms with Gasteiger partial charge in [-0.2, -0.15) is 55.6 Å². The van der Waals surface area contributed by atoms with E-state index in [0.29, 0.717) is 0 Å². The molecule has 0 N–H and O–H groups in total. The molecule has 2 aromatic carbocycles. The van der Waals surface area contributed by atoms with Gasteiger partial charge in [-0.1, -0.05) is 69.2 Å². The topological polar surface area (TPSA) is 0 Å². The Hall–Kier alpha value is -0.677. The molecule has 0 fully saturated rings. The monoisotopic (exact) mass is 373 g/mol. The fourth-order valence-electron chi connectivity index (χ4n) is 2.81.